The third-order valence-electron chi connectivity index (χ3n) is 12.2. The van der Waals surface area contributed by atoms with Gasteiger partial charge in [0.1, 0.15) is 0 Å². The minimum Gasteiger partial charge on any atom is -0.334 e. The van der Waals surface area contributed by atoms with Gasteiger partial charge < -0.3 is 4.90 Å². The zero-order valence-electron chi connectivity index (χ0n) is 27.6. The molecule has 1 aliphatic heterocycles. The second-order valence-corrected chi connectivity index (χ2v) is 14.3. The van der Waals surface area contributed by atoms with E-state index < -0.39 is 0 Å². The van der Waals surface area contributed by atoms with Crippen LogP contribution >= 0.6 is 0 Å². The standard InChI is InChI=1S/C46H38N2/c1-44-27-11-12-28-45(44,2)48(37-23-19-32(31-47)20-24-37)43-26-22-34(30-42(43)44)33-21-25-41-39(29-33)38-17-9-10-18-40(38)46(41,35-13-5-3-6-14-35)36-15-7-4-8-16-36/h3-10,13-26,29-30H,11-12,27-28H2,1-2H3. The fourth-order valence-corrected chi connectivity index (χ4v) is 9.63. The topological polar surface area (TPSA) is 27.0 Å². The predicted octanol–water partition coefficient (Wildman–Crippen LogP) is 11.3. The Balaban J connectivity index is 1.22. The van der Waals surface area contributed by atoms with Crippen molar-refractivity contribution in [1.29, 1.82) is 5.26 Å². The van der Waals surface area contributed by atoms with Gasteiger partial charge in [-0.15, -0.1) is 0 Å². The van der Waals surface area contributed by atoms with Gasteiger partial charge in [-0.3, -0.25) is 0 Å². The molecular weight excluding hydrogens is 581 g/mol. The highest BCUT2D eigenvalue weighted by Crippen LogP contribution is 2.62. The predicted molar refractivity (Wildman–Crippen MR) is 197 cm³/mol. The second kappa shape index (κ2) is 10.6. The molecule has 2 unspecified atom stereocenters. The fourth-order valence-electron chi connectivity index (χ4n) is 9.63. The van der Waals surface area contributed by atoms with Crippen molar-refractivity contribution in [1.82, 2.24) is 0 Å². The van der Waals surface area contributed by atoms with Crippen molar-refractivity contribution in [2.75, 3.05) is 4.90 Å². The minimum absolute atomic E-state index is 0.0175. The maximum absolute atomic E-state index is 9.46. The SMILES string of the molecule is CC12CCCCC1(C)N(c1ccc(C#N)cc1)c1ccc(-c3ccc4c(c3)-c3ccccc3C4(c3ccccc3)c3ccccc3)cc12. The zero-order chi connectivity index (χ0) is 32.5. The van der Waals surface area contributed by atoms with Crippen molar-refractivity contribution >= 4 is 11.4 Å². The molecular formula is C46H38N2. The molecule has 232 valence electrons. The van der Waals surface area contributed by atoms with Gasteiger partial charge in [-0.05, 0) is 112 Å². The van der Waals surface area contributed by atoms with Crippen LogP contribution in [0.25, 0.3) is 22.3 Å². The Morgan fingerprint density at radius 3 is 1.88 bits per heavy atom. The molecule has 3 aliphatic rings. The quantitative estimate of drug-likeness (QED) is 0.196. The lowest BCUT2D eigenvalue weighted by molar-refractivity contribution is 0.195. The molecule has 0 saturated heterocycles. The lowest BCUT2D eigenvalue weighted by Gasteiger charge is -2.50. The van der Waals surface area contributed by atoms with E-state index in [1.807, 2.05) is 12.1 Å². The van der Waals surface area contributed by atoms with E-state index in [1.165, 1.54) is 80.7 Å². The number of rotatable bonds is 4. The van der Waals surface area contributed by atoms with Crippen LogP contribution in [0.3, 0.4) is 0 Å². The normalized spacial score (nSPS) is 21.5. The summed E-state index contributed by atoms with van der Waals surface area (Å²) in [7, 11) is 0. The first kappa shape index (κ1) is 28.8. The third kappa shape index (κ3) is 3.79. The van der Waals surface area contributed by atoms with E-state index in [0.29, 0.717) is 5.56 Å². The molecule has 0 aromatic heterocycles. The molecule has 0 N–H and O–H groups in total. The molecule has 48 heavy (non-hydrogen) atoms. The van der Waals surface area contributed by atoms with Crippen LogP contribution in [-0.2, 0) is 10.8 Å². The van der Waals surface area contributed by atoms with Crippen molar-refractivity contribution in [2.45, 2.75) is 55.9 Å². The number of nitriles is 1. The average Bonchev–Trinajstić information content (AvgIpc) is 3.55. The Bertz CT molecular complexity index is 2190. The molecule has 0 radical (unpaired) electrons. The number of fused-ring (bicyclic) bond motifs is 6. The molecule has 1 fully saturated rings. The number of benzene rings is 6. The van der Waals surface area contributed by atoms with E-state index in [2.05, 4.69) is 158 Å². The van der Waals surface area contributed by atoms with Crippen LogP contribution in [0.5, 0.6) is 0 Å². The highest BCUT2D eigenvalue weighted by Gasteiger charge is 2.57. The van der Waals surface area contributed by atoms with Crippen molar-refractivity contribution in [3.63, 3.8) is 0 Å². The van der Waals surface area contributed by atoms with Crippen molar-refractivity contribution in [3.05, 3.63) is 179 Å². The highest BCUT2D eigenvalue weighted by atomic mass is 15.3. The van der Waals surface area contributed by atoms with Gasteiger partial charge in [-0.2, -0.15) is 5.26 Å². The summed E-state index contributed by atoms with van der Waals surface area (Å²) in [6, 6.07) is 55.9. The molecule has 2 heteroatoms. The number of hydrogen-bond donors (Lipinski definition) is 0. The van der Waals surface area contributed by atoms with Gasteiger partial charge in [0.15, 0.2) is 0 Å². The second-order valence-electron chi connectivity index (χ2n) is 14.3. The van der Waals surface area contributed by atoms with Gasteiger partial charge in [-0.25, -0.2) is 0 Å². The van der Waals surface area contributed by atoms with Gasteiger partial charge in [-0.1, -0.05) is 123 Å². The van der Waals surface area contributed by atoms with Gasteiger partial charge in [0.05, 0.1) is 22.6 Å². The lowest BCUT2D eigenvalue weighted by atomic mass is 9.61. The fraction of sp³-hybridized carbons (Fsp3) is 0.196. The van der Waals surface area contributed by atoms with Crippen molar-refractivity contribution in [3.8, 4) is 28.3 Å². The van der Waals surface area contributed by atoms with Crippen LogP contribution in [-0.4, -0.2) is 5.54 Å². The van der Waals surface area contributed by atoms with E-state index in [9.17, 15) is 5.26 Å². The largest absolute Gasteiger partial charge is 0.334 e. The Morgan fingerprint density at radius 2 is 1.17 bits per heavy atom. The van der Waals surface area contributed by atoms with Gasteiger partial charge in [0.25, 0.3) is 0 Å². The Labute approximate surface area is 284 Å². The maximum Gasteiger partial charge on any atom is 0.0991 e. The minimum atomic E-state index is -0.385. The van der Waals surface area contributed by atoms with E-state index in [-0.39, 0.29) is 16.4 Å². The van der Waals surface area contributed by atoms with Crippen LogP contribution in [0, 0.1) is 11.3 Å². The van der Waals surface area contributed by atoms with Crippen LogP contribution in [0.15, 0.2) is 146 Å². The van der Waals surface area contributed by atoms with Crippen molar-refractivity contribution in [2.24, 2.45) is 0 Å². The number of hydrogen-bond acceptors (Lipinski definition) is 2. The van der Waals surface area contributed by atoms with Gasteiger partial charge in [0.2, 0.25) is 0 Å². The van der Waals surface area contributed by atoms with Crippen LogP contribution in [0.2, 0.25) is 0 Å². The molecule has 2 nitrogen and oxygen atoms in total. The average molecular weight is 619 g/mol. The first-order valence-corrected chi connectivity index (χ1v) is 17.3. The summed E-state index contributed by atoms with van der Waals surface area (Å²) in [5.41, 5.74) is 14.6. The molecule has 9 rings (SSSR count). The van der Waals surface area contributed by atoms with Crippen molar-refractivity contribution < 1.29 is 0 Å². The zero-order valence-corrected chi connectivity index (χ0v) is 27.6. The third-order valence-corrected chi connectivity index (χ3v) is 12.2. The summed E-state index contributed by atoms with van der Waals surface area (Å²) in [4.78, 5) is 2.58. The smallest absolute Gasteiger partial charge is 0.0991 e. The summed E-state index contributed by atoms with van der Waals surface area (Å²) >= 11 is 0. The van der Waals surface area contributed by atoms with E-state index in [0.717, 1.165) is 6.42 Å². The van der Waals surface area contributed by atoms with Crippen LogP contribution in [0.4, 0.5) is 11.4 Å². The molecule has 0 amide bonds. The van der Waals surface area contributed by atoms with Crippen LogP contribution < -0.4 is 4.90 Å². The first-order valence-electron chi connectivity index (χ1n) is 17.3. The summed E-state index contributed by atoms with van der Waals surface area (Å²) < 4.78 is 0. The summed E-state index contributed by atoms with van der Waals surface area (Å²) in [5, 5.41) is 9.46. The van der Waals surface area contributed by atoms with Gasteiger partial charge >= 0.3 is 0 Å². The Kier molecular flexibility index (Phi) is 6.34. The van der Waals surface area contributed by atoms with E-state index in [4.69, 9.17) is 0 Å². The molecule has 1 saturated carbocycles. The Morgan fingerprint density at radius 1 is 0.562 bits per heavy atom. The molecule has 2 atom stereocenters. The molecule has 0 spiro atoms. The van der Waals surface area contributed by atoms with E-state index in [1.54, 1.807) is 0 Å². The number of nitrogens with zero attached hydrogens (tertiary/aromatic N) is 2. The molecule has 1 heterocycles. The monoisotopic (exact) mass is 618 g/mol. The summed E-state index contributed by atoms with van der Waals surface area (Å²) in [5.74, 6) is 0. The summed E-state index contributed by atoms with van der Waals surface area (Å²) in [6.45, 7) is 4.95. The first-order chi connectivity index (χ1) is 23.5. The number of anilines is 2. The van der Waals surface area contributed by atoms with Crippen LogP contribution in [0.1, 0.15) is 72.9 Å². The summed E-state index contributed by atoms with van der Waals surface area (Å²) in [6.07, 6.45) is 4.79. The van der Waals surface area contributed by atoms with E-state index >= 15 is 0 Å². The Hall–Kier alpha value is -5.39. The highest BCUT2D eigenvalue weighted by molar-refractivity contribution is 5.89. The molecule has 2 aliphatic carbocycles. The lowest BCUT2D eigenvalue weighted by Crippen LogP contribution is -2.54. The van der Waals surface area contributed by atoms with Gasteiger partial charge in [0, 0.05) is 16.8 Å². The molecule has 0 bridgehead atoms. The molecule has 6 aromatic rings. The maximum atomic E-state index is 9.46. The molecule has 6 aromatic carbocycles.